The summed E-state index contributed by atoms with van der Waals surface area (Å²) in [7, 11) is 0. The van der Waals surface area contributed by atoms with Crippen molar-refractivity contribution in [1.29, 1.82) is 0 Å². The Morgan fingerprint density at radius 1 is 1.15 bits per heavy atom. The van der Waals surface area contributed by atoms with Gasteiger partial charge >= 0.3 is 0 Å². The third kappa shape index (κ3) is 3.91. The Morgan fingerprint density at radius 2 is 1.88 bits per heavy atom. The van der Waals surface area contributed by atoms with Crippen molar-refractivity contribution in [3.8, 4) is 0 Å². The van der Waals surface area contributed by atoms with Gasteiger partial charge in [0, 0.05) is 35.0 Å². The number of rotatable bonds is 5. The van der Waals surface area contributed by atoms with Gasteiger partial charge in [0.05, 0.1) is 0 Å². The van der Waals surface area contributed by atoms with E-state index in [0.717, 1.165) is 28.9 Å². The van der Waals surface area contributed by atoms with Crippen LogP contribution in [0.3, 0.4) is 0 Å². The maximum Gasteiger partial charge on any atom is 0.253 e. The molecular weight excluding hydrogens is 342 g/mol. The summed E-state index contributed by atoms with van der Waals surface area (Å²) in [6, 6.07) is 15.2. The molecule has 3 nitrogen and oxygen atoms in total. The second kappa shape index (κ2) is 8.37. The molecule has 0 spiro atoms. The van der Waals surface area contributed by atoms with Gasteiger partial charge < -0.3 is 4.90 Å². The Bertz CT molecular complexity index is 813. The SMILES string of the molecule is C=Cc1ccc(C(=O)N2CCCC(C(=O)c3ccccc3SC)C2)cc1. The first-order chi connectivity index (χ1) is 12.6. The number of piperidine rings is 1. The maximum atomic E-state index is 13.0. The molecule has 1 amide bonds. The highest BCUT2D eigenvalue weighted by molar-refractivity contribution is 7.98. The molecule has 1 aliphatic rings. The molecule has 4 heteroatoms. The first kappa shape index (κ1) is 18.5. The third-order valence-electron chi connectivity index (χ3n) is 4.85. The summed E-state index contributed by atoms with van der Waals surface area (Å²) in [5, 5.41) is 0. The lowest BCUT2D eigenvalue weighted by molar-refractivity contribution is 0.0636. The van der Waals surface area contributed by atoms with Crippen molar-refractivity contribution in [3.63, 3.8) is 0 Å². The van der Waals surface area contributed by atoms with E-state index in [0.29, 0.717) is 18.7 Å². The summed E-state index contributed by atoms with van der Waals surface area (Å²) in [5.74, 6) is 0.0131. The Labute approximate surface area is 159 Å². The molecule has 0 saturated carbocycles. The van der Waals surface area contributed by atoms with Crippen LogP contribution in [0.5, 0.6) is 0 Å². The molecule has 1 aliphatic heterocycles. The van der Waals surface area contributed by atoms with E-state index in [2.05, 4.69) is 6.58 Å². The number of hydrogen-bond acceptors (Lipinski definition) is 3. The molecule has 0 N–H and O–H groups in total. The molecule has 1 fully saturated rings. The maximum absolute atomic E-state index is 13.0. The Balaban J connectivity index is 1.75. The Kier molecular flexibility index (Phi) is 5.94. The van der Waals surface area contributed by atoms with Crippen LogP contribution < -0.4 is 0 Å². The molecule has 26 heavy (non-hydrogen) atoms. The molecule has 134 valence electrons. The Hall–Kier alpha value is -2.33. The average molecular weight is 365 g/mol. The van der Waals surface area contributed by atoms with Gasteiger partial charge in [0.25, 0.3) is 5.91 Å². The van der Waals surface area contributed by atoms with Gasteiger partial charge in [0.1, 0.15) is 0 Å². The summed E-state index contributed by atoms with van der Waals surface area (Å²) in [4.78, 5) is 28.6. The van der Waals surface area contributed by atoms with Crippen LogP contribution in [-0.2, 0) is 0 Å². The van der Waals surface area contributed by atoms with Gasteiger partial charge in [-0.05, 0) is 42.9 Å². The highest BCUT2D eigenvalue weighted by atomic mass is 32.2. The highest BCUT2D eigenvalue weighted by Crippen LogP contribution is 2.27. The lowest BCUT2D eigenvalue weighted by Gasteiger charge is -2.32. The van der Waals surface area contributed by atoms with E-state index >= 15 is 0 Å². The third-order valence-corrected chi connectivity index (χ3v) is 5.64. The smallest absolute Gasteiger partial charge is 0.253 e. The number of carbonyl (C=O) groups excluding carboxylic acids is 2. The highest BCUT2D eigenvalue weighted by Gasteiger charge is 2.30. The quantitative estimate of drug-likeness (QED) is 0.565. The molecule has 2 aromatic rings. The lowest BCUT2D eigenvalue weighted by atomic mass is 9.89. The van der Waals surface area contributed by atoms with E-state index in [4.69, 9.17) is 0 Å². The molecule has 0 bridgehead atoms. The van der Waals surface area contributed by atoms with Crippen molar-refractivity contribution in [2.75, 3.05) is 19.3 Å². The van der Waals surface area contributed by atoms with E-state index in [-0.39, 0.29) is 17.6 Å². The van der Waals surface area contributed by atoms with Crippen LogP contribution in [0.2, 0.25) is 0 Å². The first-order valence-electron chi connectivity index (χ1n) is 8.83. The number of nitrogens with zero attached hydrogens (tertiary/aromatic N) is 1. The van der Waals surface area contributed by atoms with Crippen LogP contribution in [0.15, 0.2) is 60.0 Å². The van der Waals surface area contributed by atoms with Crippen molar-refractivity contribution >= 4 is 29.5 Å². The largest absolute Gasteiger partial charge is 0.338 e. The van der Waals surface area contributed by atoms with Gasteiger partial charge in [-0.2, -0.15) is 0 Å². The van der Waals surface area contributed by atoms with Gasteiger partial charge in [-0.25, -0.2) is 0 Å². The molecule has 0 radical (unpaired) electrons. The topological polar surface area (TPSA) is 37.4 Å². The molecule has 3 rings (SSSR count). The van der Waals surface area contributed by atoms with Gasteiger partial charge in [-0.3, -0.25) is 9.59 Å². The minimum Gasteiger partial charge on any atom is -0.338 e. The van der Waals surface area contributed by atoms with E-state index in [1.165, 1.54) is 0 Å². The van der Waals surface area contributed by atoms with Crippen LogP contribution in [0.1, 0.15) is 39.1 Å². The summed E-state index contributed by atoms with van der Waals surface area (Å²) in [6.45, 7) is 4.93. The van der Waals surface area contributed by atoms with Gasteiger partial charge in [0.2, 0.25) is 0 Å². The van der Waals surface area contributed by atoms with E-state index < -0.39 is 0 Å². The minimum atomic E-state index is -0.131. The number of ketones is 1. The standard InChI is InChI=1S/C22H23NO2S/c1-3-16-10-12-17(13-11-16)22(25)23-14-6-7-18(15-23)21(24)19-8-4-5-9-20(19)26-2/h3-5,8-13,18H,1,6-7,14-15H2,2H3. The van der Waals surface area contributed by atoms with Gasteiger partial charge in [0.15, 0.2) is 5.78 Å². The summed E-state index contributed by atoms with van der Waals surface area (Å²) in [5.41, 5.74) is 2.42. The van der Waals surface area contributed by atoms with Crippen molar-refractivity contribution in [2.24, 2.45) is 5.92 Å². The monoisotopic (exact) mass is 365 g/mol. The lowest BCUT2D eigenvalue weighted by Crippen LogP contribution is -2.42. The minimum absolute atomic E-state index is 0.00346. The van der Waals surface area contributed by atoms with E-state index in [9.17, 15) is 9.59 Å². The predicted molar refractivity (Wildman–Crippen MR) is 108 cm³/mol. The van der Waals surface area contributed by atoms with Crippen LogP contribution in [0.25, 0.3) is 6.08 Å². The molecule has 2 aromatic carbocycles. The second-order valence-corrected chi connectivity index (χ2v) is 7.33. The normalized spacial score (nSPS) is 17.0. The second-order valence-electron chi connectivity index (χ2n) is 6.48. The zero-order chi connectivity index (χ0) is 18.5. The van der Waals surface area contributed by atoms with E-state index in [1.54, 1.807) is 17.8 Å². The van der Waals surface area contributed by atoms with Gasteiger partial charge in [-0.1, -0.05) is 43.0 Å². The number of thioether (sulfide) groups is 1. The van der Waals surface area contributed by atoms with Crippen molar-refractivity contribution in [1.82, 2.24) is 4.90 Å². The Morgan fingerprint density at radius 3 is 2.58 bits per heavy atom. The number of carbonyl (C=O) groups is 2. The summed E-state index contributed by atoms with van der Waals surface area (Å²) >= 11 is 1.59. The fourth-order valence-corrected chi connectivity index (χ4v) is 3.99. The number of benzene rings is 2. The number of hydrogen-bond donors (Lipinski definition) is 0. The molecule has 1 unspecified atom stereocenters. The molecule has 1 heterocycles. The van der Waals surface area contributed by atoms with Crippen LogP contribution in [0.4, 0.5) is 0 Å². The predicted octanol–water partition coefficient (Wildman–Crippen LogP) is 4.79. The fraction of sp³-hybridized carbons (Fsp3) is 0.273. The van der Waals surface area contributed by atoms with Crippen LogP contribution >= 0.6 is 11.8 Å². The zero-order valence-corrected chi connectivity index (χ0v) is 15.8. The van der Waals surface area contributed by atoms with Crippen molar-refractivity contribution in [2.45, 2.75) is 17.7 Å². The number of likely N-dealkylation sites (tertiary alicyclic amines) is 1. The van der Waals surface area contributed by atoms with Gasteiger partial charge in [-0.15, -0.1) is 11.8 Å². The summed E-state index contributed by atoms with van der Waals surface area (Å²) < 4.78 is 0. The molecule has 1 atom stereocenters. The molecule has 1 saturated heterocycles. The number of Topliss-reactive ketones (excluding diaryl/α,β-unsaturated/α-hetero) is 1. The van der Waals surface area contributed by atoms with Crippen molar-refractivity contribution in [3.05, 3.63) is 71.8 Å². The van der Waals surface area contributed by atoms with Crippen molar-refractivity contribution < 1.29 is 9.59 Å². The molecule has 0 aliphatic carbocycles. The molecule has 0 aromatic heterocycles. The molecular formula is C22H23NO2S. The first-order valence-corrected chi connectivity index (χ1v) is 10.1. The fourth-order valence-electron chi connectivity index (χ4n) is 3.39. The average Bonchev–Trinajstić information content (AvgIpc) is 2.72. The van der Waals surface area contributed by atoms with E-state index in [1.807, 2.05) is 59.7 Å². The summed E-state index contributed by atoms with van der Waals surface area (Å²) in [6.07, 6.45) is 5.43. The zero-order valence-electron chi connectivity index (χ0n) is 15.0. The van der Waals surface area contributed by atoms with Crippen LogP contribution in [0, 0.1) is 5.92 Å². The van der Waals surface area contributed by atoms with Crippen LogP contribution in [-0.4, -0.2) is 35.9 Å². The number of amides is 1.